The van der Waals surface area contributed by atoms with Crippen LogP contribution in [0, 0.1) is 0 Å². The Morgan fingerprint density at radius 1 is 0.889 bits per heavy atom. The van der Waals surface area contributed by atoms with Crippen molar-refractivity contribution in [2.24, 2.45) is 0 Å². The molecule has 0 radical (unpaired) electrons. The highest BCUT2D eigenvalue weighted by molar-refractivity contribution is 9.31. The van der Waals surface area contributed by atoms with Crippen LogP contribution in [0.2, 0.25) is 0 Å². The Bertz CT molecular complexity index is 77.7. The van der Waals surface area contributed by atoms with Gasteiger partial charge in [0.05, 0.1) is 0 Å². The first-order valence-corrected chi connectivity index (χ1v) is 6.15. The molecule has 56 valence electrons. The Morgan fingerprint density at radius 3 is 1.11 bits per heavy atom. The van der Waals surface area contributed by atoms with Crippen LogP contribution in [-0.2, 0) is 0 Å². The molecule has 0 atom stereocenters. The number of halogens is 4. The van der Waals surface area contributed by atoms with E-state index in [4.69, 9.17) is 0 Å². The predicted molar refractivity (Wildman–Crippen MR) is 60.1 cm³/mol. The molecule has 0 rings (SSSR count). The first-order valence-electron chi connectivity index (χ1n) is 2.16. The van der Waals surface area contributed by atoms with Gasteiger partial charge in [-0.15, -0.1) is 11.8 Å². The van der Waals surface area contributed by atoms with Crippen LogP contribution in [0.5, 0.6) is 0 Å². The third-order valence-corrected chi connectivity index (χ3v) is 3.02. The third-order valence-electron chi connectivity index (χ3n) is 0.358. The second kappa shape index (κ2) is 3.78. The summed E-state index contributed by atoms with van der Waals surface area (Å²) in [5, 5.41) is 0. The molecule has 0 saturated heterocycles. The topological polar surface area (TPSA) is 0 Å². The monoisotopic (exact) mass is 402 g/mol. The van der Waals surface area contributed by atoms with Crippen molar-refractivity contribution in [3.05, 3.63) is 0 Å². The van der Waals surface area contributed by atoms with Crippen LogP contribution in [-0.4, -0.2) is 5.13 Å². The van der Waals surface area contributed by atoms with Crippen molar-refractivity contribution >= 4 is 75.5 Å². The number of thioether (sulfide) groups is 1. The van der Waals surface area contributed by atoms with Gasteiger partial charge in [0.15, 0.2) is 0 Å². The van der Waals surface area contributed by atoms with Crippen LogP contribution in [0.1, 0.15) is 13.8 Å². The molecule has 0 aliphatic rings. The van der Waals surface area contributed by atoms with E-state index in [0.29, 0.717) is 0 Å². The normalized spacial score (nSPS) is 14.0. The number of rotatable bonds is 2. The molecule has 0 aliphatic carbocycles. The molecule has 0 bridgehead atoms. The van der Waals surface area contributed by atoms with Gasteiger partial charge < -0.3 is 0 Å². The Balaban J connectivity index is 3.75. The Hall–Kier alpha value is 2.27. The van der Waals surface area contributed by atoms with Crippen molar-refractivity contribution in [2.45, 2.75) is 19.0 Å². The zero-order valence-corrected chi connectivity index (χ0v) is 12.1. The Labute approximate surface area is 93.4 Å². The molecular weight excluding hydrogens is 400 g/mol. The van der Waals surface area contributed by atoms with Crippen molar-refractivity contribution in [1.82, 2.24) is 0 Å². The van der Waals surface area contributed by atoms with E-state index < -0.39 is 0 Å². The zero-order chi connectivity index (χ0) is 7.71. The maximum absolute atomic E-state index is 3.43. The van der Waals surface area contributed by atoms with Gasteiger partial charge in [0.2, 0.25) is 0 Å². The minimum absolute atomic E-state index is 0.0677. The van der Waals surface area contributed by atoms with Gasteiger partial charge in [-0.3, -0.25) is 0 Å². The standard InChI is InChI=1S/C4H6Br4S/c1-3(5,6)9-4(2,7)8/h1-2H3. The van der Waals surface area contributed by atoms with E-state index in [1.165, 1.54) is 0 Å². The predicted octanol–water partition coefficient (Wildman–Crippen LogP) is 4.65. The molecule has 0 unspecified atom stereocenters. The fourth-order valence-corrected chi connectivity index (χ4v) is 7.44. The summed E-state index contributed by atoms with van der Waals surface area (Å²) in [5.74, 6) is 0. The minimum atomic E-state index is -0.0677. The average molecular weight is 406 g/mol. The molecular formula is C4H6Br4S. The van der Waals surface area contributed by atoms with Crippen molar-refractivity contribution in [1.29, 1.82) is 0 Å². The smallest absolute Gasteiger partial charge is 0.103 e. The second-order valence-corrected chi connectivity index (χ2v) is 14.1. The van der Waals surface area contributed by atoms with Gasteiger partial charge in [-0.1, -0.05) is 63.7 Å². The van der Waals surface area contributed by atoms with Crippen molar-refractivity contribution < 1.29 is 0 Å². The lowest BCUT2D eigenvalue weighted by Gasteiger charge is -2.21. The first kappa shape index (κ1) is 11.3. The maximum atomic E-state index is 3.43. The quantitative estimate of drug-likeness (QED) is 0.603. The molecule has 0 nitrogen and oxygen atoms in total. The fourth-order valence-electron chi connectivity index (χ4n) is 0.315. The highest BCUT2D eigenvalue weighted by Gasteiger charge is 2.27. The summed E-state index contributed by atoms with van der Waals surface area (Å²) in [6, 6.07) is 0. The van der Waals surface area contributed by atoms with Crippen LogP contribution in [0.25, 0.3) is 0 Å². The van der Waals surface area contributed by atoms with E-state index in [9.17, 15) is 0 Å². The molecule has 0 spiro atoms. The van der Waals surface area contributed by atoms with Gasteiger partial charge in [-0.25, -0.2) is 0 Å². The molecule has 0 aromatic rings. The van der Waals surface area contributed by atoms with Crippen LogP contribution >= 0.6 is 75.5 Å². The van der Waals surface area contributed by atoms with E-state index in [-0.39, 0.29) is 5.13 Å². The van der Waals surface area contributed by atoms with Crippen molar-refractivity contribution in [3.8, 4) is 0 Å². The molecule has 0 fully saturated rings. The molecule has 0 N–H and O–H groups in total. The maximum Gasteiger partial charge on any atom is 0.125 e. The summed E-state index contributed by atoms with van der Waals surface area (Å²) < 4.78 is -0.135. The number of hydrogen-bond donors (Lipinski definition) is 0. The summed E-state index contributed by atoms with van der Waals surface area (Å²) in [6.07, 6.45) is 0. The fraction of sp³-hybridized carbons (Fsp3) is 1.00. The molecule has 0 aromatic carbocycles. The van der Waals surface area contributed by atoms with Gasteiger partial charge in [-0.05, 0) is 13.8 Å². The first-order chi connectivity index (χ1) is 3.71. The lowest BCUT2D eigenvalue weighted by atomic mass is 10.9. The highest BCUT2D eigenvalue weighted by atomic mass is 79.9. The SMILES string of the molecule is CC(Br)(Br)SC(C)(Br)Br. The third kappa shape index (κ3) is 10.3. The lowest BCUT2D eigenvalue weighted by molar-refractivity contribution is 1.31. The van der Waals surface area contributed by atoms with E-state index in [0.717, 1.165) is 0 Å². The van der Waals surface area contributed by atoms with Crippen molar-refractivity contribution in [3.63, 3.8) is 0 Å². The zero-order valence-electron chi connectivity index (χ0n) is 4.92. The molecule has 0 aromatic heterocycles. The average Bonchev–Trinajstić information content (AvgIpc) is 1.14. The van der Waals surface area contributed by atoms with Crippen LogP contribution in [0.4, 0.5) is 0 Å². The molecule has 9 heavy (non-hydrogen) atoms. The summed E-state index contributed by atoms with van der Waals surface area (Å²) in [4.78, 5) is 0. The van der Waals surface area contributed by atoms with Crippen LogP contribution in [0.15, 0.2) is 0 Å². The summed E-state index contributed by atoms with van der Waals surface area (Å²) >= 11 is 15.4. The lowest BCUT2D eigenvalue weighted by Crippen LogP contribution is -2.07. The largest absolute Gasteiger partial charge is 0.125 e. The van der Waals surface area contributed by atoms with Crippen molar-refractivity contribution in [2.75, 3.05) is 0 Å². The molecule has 5 heteroatoms. The van der Waals surface area contributed by atoms with E-state index in [1.807, 2.05) is 13.8 Å². The van der Waals surface area contributed by atoms with E-state index >= 15 is 0 Å². The number of hydrogen-bond acceptors (Lipinski definition) is 1. The second-order valence-electron chi connectivity index (χ2n) is 1.72. The molecule has 0 saturated carbocycles. The van der Waals surface area contributed by atoms with Gasteiger partial charge in [-0.2, -0.15) is 0 Å². The van der Waals surface area contributed by atoms with Gasteiger partial charge in [0, 0.05) is 0 Å². The van der Waals surface area contributed by atoms with Gasteiger partial charge in [0.25, 0.3) is 0 Å². The van der Waals surface area contributed by atoms with E-state index in [2.05, 4.69) is 63.7 Å². The minimum Gasteiger partial charge on any atom is -0.103 e. The molecule has 0 amide bonds. The Morgan fingerprint density at radius 2 is 1.11 bits per heavy atom. The van der Waals surface area contributed by atoms with Crippen LogP contribution in [0.3, 0.4) is 0 Å². The summed E-state index contributed by atoms with van der Waals surface area (Å²) in [5.41, 5.74) is 0. The van der Waals surface area contributed by atoms with E-state index in [1.54, 1.807) is 11.8 Å². The molecule has 0 heterocycles. The highest BCUT2D eigenvalue weighted by Crippen LogP contribution is 2.51. The summed E-state index contributed by atoms with van der Waals surface area (Å²) in [7, 11) is 0. The number of alkyl halides is 4. The molecule has 0 aliphatic heterocycles. The Kier molecular flexibility index (Phi) is 4.74. The van der Waals surface area contributed by atoms with Gasteiger partial charge in [0.1, 0.15) is 5.13 Å². The van der Waals surface area contributed by atoms with Gasteiger partial charge >= 0.3 is 0 Å². The summed E-state index contributed by atoms with van der Waals surface area (Å²) in [6.45, 7) is 4.05. The van der Waals surface area contributed by atoms with Crippen LogP contribution < -0.4 is 0 Å².